The van der Waals surface area contributed by atoms with Crippen LogP contribution in [0.4, 0.5) is 0 Å². The molecule has 2 aromatic carbocycles. The normalized spacial score (nSPS) is 13.8. The van der Waals surface area contributed by atoms with Gasteiger partial charge in [-0.15, -0.1) is 11.3 Å². The molecule has 1 aliphatic carbocycles. The highest BCUT2D eigenvalue weighted by Crippen LogP contribution is 2.35. The van der Waals surface area contributed by atoms with Gasteiger partial charge in [-0.1, -0.05) is 55.1 Å². The summed E-state index contributed by atoms with van der Waals surface area (Å²) in [5.41, 5.74) is 5.43. The maximum atomic E-state index is 13.4. The number of nitrogens with one attached hydrogen (secondary N) is 1. The number of thiazole rings is 1. The molecule has 204 valence electrons. The van der Waals surface area contributed by atoms with Crippen LogP contribution in [0.1, 0.15) is 53.7 Å². The standard InChI is InChI=1S/C31H34ClN3O3S/c1-20-24(30(36)33-22-9-5-4-6-10-22)18-27(26-19-39-31(34-26)23-11-7-8-12-25(23)32)35(20)16-15-21-13-14-28(37-2)29(17-21)38-3/h7-8,11-14,17-19,22H,4-6,9-10,15-16H2,1-3H3,(H,33,36). The average Bonchev–Trinajstić information content (AvgIpc) is 3.57. The van der Waals surface area contributed by atoms with Gasteiger partial charge in [-0.2, -0.15) is 0 Å². The van der Waals surface area contributed by atoms with Crippen molar-refractivity contribution in [2.75, 3.05) is 14.2 Å². The minimum atomic E-state index is -0.00734. The molecular weight excluding hydrogens is 530 g/mol. The van der Waals surface area contributed by atoms with Crippen LogP contribution in [0.3, 0.4) is 0 Å². The van der Waals surface area contributed by atoms with Gasteiger partial charge in [0, 0.05) is 29.2 Å². The topological polar surface area (TPSA) is 65.4 Å². The number of aromatic nitrogens is 2. The highest BCUT2D eigenvalue weighted by molar-refractivity contribution is 7.13. The van der Waals surface area contributed by atoms with Gasteiger partial charge in [0.05, 0.1) is 36.2 Å². The minimum absolute atomic E-state index is 0.00734. The number of amides is 1. The summed E-state index contributed by atoms with van der Waals surface area (Å²) < 4.78 is 13.1. The quantitative estimate of drug-likeness (QED) is 0.228. The van der Waals surface area contributed by atoms with Crippen LogP contribution >= 0.6 is 22.9 Å². The summed E-state index contributed by atoms with van der Waals surface area (Å²) in [6.07, 6.45) is 6.44. The molecule has 39 heavy (non-hydrogen) atoms. The van der Waals surface area contributed by atoms with Gasteiger partial charge in [-0.3, -0.25) is 4.79 Å². The molecule has 8 heteroatoms. The van der Waals surface area contributed by atoms with Crippen molar-refractivity contribution in [1.29, 1.82) is 0 Å². The highest BCUT2D eigenvalue weighted by atomic mass is 35.5. The van der Waals surface area contributed by atoms with E-state index < -0.39 is 0 Å². The van der Waals surface area contributed by atoms with Crippen LogP contribution in [0.15, 0.2) is 53.9 Å². The van der Waals surface area contributed by atoms with Gasteiger partial charge in [-0.05, 0) is 56.0 Å². The van der Waals surface area contributed by atoms with Crippen molar-refractivity contribution < 1.29 is 14.3 Å². The van der Waals surface area contributed by atoms with Gasteiger partial charge in [0.1, 0.15) is 5.01 Å². The number of ether oxygens (including phenoxy) is 2. The zero-order valence-electron chi connectivity index (χ0n) is 22.6. The first-order chi connectivity index (χ1) is 19.0. The van der Waals surface area contributed by atoms with Crippen LogP contribution in [0.25, 0.3) is 22.0 Å². The summed E-state index contributed by atoms with van der Waals surface area (Å²) in [6.45, 7) is 2.71. The van der Waals surface area contributed by atoms with Crippen molar-refractivity contribution in [1.82, 2.24) is 14.9 Å². The lowest BCUT2D eigenvalue weighted by molar-refractivity contribution is 0.0927. The molecule has 1 fully saturated rings. The molecular formula is C31H34ClN3O3S. The number of rotatable bonds is 9. The zero-order chi connectivity index (χ0) is 27.4. The second-order valence-corrected chi connectivity index (χ2v) is 11.2. The highest BCUT2D eigenvalue weighted by Gasteiger charge is 2.23. The van der Waals surface area contributed by atoms with Gasteiger partial charge in [0.25, 0.3) is 5.91 Å². The van der Waals surface area contributed by atoms with E-state index in [9.17, 15) is 4.79 Å². The Morgan fingerprint density at radius 3 is 2.59 bits per heavy atom. The zero-order valence-corrected chi connectivity index (χ0v) is 24.2. The van der Waals surface area contributed by atoms with Crippen LogP contribution in [-0.4, -0.2) is 35.7 Å². The van der Waals surface area contributed by atoms with Gasteiger partial charge in [0.15, 0.2) is 11.5 Å². The third-order valence-electron chi connectivity index (χ3n) is 7.49. The lowest BCUT2D eigenvalue weighted by Gasteiger charge is -2.22. The van der Waals surface area contributed by atoms with Crippen LogP contribution in [0.5, 0.6) is 11.5 Å². The molecule has 2 heterocycles. The van der Waals surface area contributed by atoms with Crippen molar-refractivity contribution in [2.45, 2.75) is 58.0 Å². The SMILES string of the molecule is COc1ccc(CCn2c(-c3csc(-c4ccccc4Cl)n3)cc(C(=O)NC3CCCCC3)c2C)cc1OC. The van der Waals surface area contributed by atoms with E-state index in [2.05, 4.69) is 16.0 Å². The van der Waals surface area contributed by atoms with Gasteiger partial charge >= 0.3 is 0 Å². The van der Waals surface area contributed by atoms with E-state index in [-0.39, 0.29) is 11.9 Å². The Kier molecular flexibility index (Phi) is 8.58. The van der Waals surface area contributed by atoms with E-state index in [0.717, 1.165) is 52.5 Å². The van der Waals surface area contributed by atoms with E-state index in [1.807, 2.05) is 54.8 Å². The second-order valence-electron chi connectivity index (χ2n) is 9.95. The summed E-state index contributed by atoms with van der Waals surface area (Å²) >= 11 is 8.02. The summed E-state index contributed by atoms with van der Waals surface area (Å²) in [5.74, 6) is 1.40. The third kappa shape index (κ3) is 5.99. The lowest BCUT2D eigenvalue weighted by Crippen LogP contribution is -2.36. The first-order valence-corrected chi connectivity index (χ1v) is 14.7. The fourth-order valence-electron chi connectivity index (χ4n) is 5.31. The van der Waals surface area contributed by atoms with Crippen molar-refractivity contribution in [3.05, 3.63) is 75.8 Å². The maximum absolute atomic E-state index is 13.4. The molecule has 0 bridgehead atoms. The predicted octanol–water partition coefficient (Wildman–Crippen LogP) is 7.56. The molecule has 1 aliphatic rings. The van der Waals surface area contributed by atoms with E-state index >= 15 is 0 Å². The molecule has 0 spiro atoms. The van der Waals surface area contributed by atoms with E-state index in [1.54, 1.807) is 25.6 Å². The number of nitrogens with zero attached hydrogens (tertiary/aromatic N) is 2. The Balaban J connectivity index is 1.47. The van der Waals surface area contributed by atoms with E-state index in [1.165, 1.54) is 19.3 Å². The first-order valence-electron chi connectivity index (χ1n) is 13.4. The Hall–Kier alpha value is -3.29. The van der Waals surface area contributed by atoms with E-state index in [4.69, 9.17) is 26.1 Å². The Labute approximate surface area is 238 Å². The molecule has 0 unspecified atom stereocenters. The van der Waals surface area contributed by atoms with Crippen LogP contribution in [-0.2, 0) is 13.0 Å². The number of hydrogen-bond donors (Lipinski definition) is 1. The molecule has 1 N–H and O–H groups in total. The minimum Gasteiger partial charge on any atom is -0.493 e. The van der Waals surface area contributed by atoms with Gasteiger partial charge < -0.3 is 19.4 Å². The van der Waals surface area contributed by atoms with Gasteiger partial charge in [-0.25, -0.2) is 4.98 Å². The number of halogens is 1. The fourth-order valence-corrected chi connectivity index (χ4v) is 6.45. The second kappa shape index (κ2) is 12.3. The molecule has 1 saturated carbocycles. The van der Waals surface area contributed by atoms with Crippen LogP contribution in [0, 0.1) is 6.92 Å². The Morgan fingerprint density at radius 1 is 1.08 bits per heavy atom. The summed E-state index contributed by atoms with van der Waals surface area (Å²) in [5, 5.41) is 6.86. The largest absolute Gasteiger partial charge is 0.493 e. The molecule has 1 amide bonds. The molecule has 0 atom stereocenters. The van der Waals surface area contributed by atoms with Crippen molar-refractivity contribution in [3.8, 4) is 33.5 Å². The van der Waals surface area contributed by atoms with E-state index in [0.29, 0.717) is 28.6 Å². The summed E-state index contributed by atoms with van der Waals surface area (Å²) in [4.78, 5) is 18.4. The molecule has 2 aromatic heterocycles. The first kappa shape index (κ1) is 27.3. The lowest BCUT2D eigenvalue weighted by atomic mass is 9.95. The average molecular weight is 564 g/mol. The summed E-state index contributed by atoms with van der Waals surface area (Å²) in [7, 11) is 3.28. The monoisotopic (exact) mass is 563 g/mol. The van der Waals surface area contributed by atoms with Crippen molar-refractivity contribution >= 4 is 28.8 Å². The molecule has 4 aromatic rings. The number of methoxy groups -OCH3 is 2. The number of carbonyl (C=O) groups is 1. The molecule has 5 rings (SSSR count). The molecule has 0 aliphatic heterocycles. The van der Waals surface area contributed by atoms with Crippen molar-refractivity contribution in [3.63, 3.8) is 0 Å². The smallest absolute Gasteiger partial charge is 0.253 e. The number of benzene rings is 2. The molecule has 0 radical (unpaired) electrons. The number of carbonyl (C=O) groups excluding carboxylic acids is 1. The Morgan fingerprint density at radius 2 is 1.85 bits per heavy atom. The third-order valence-corrected chi connectivity index (χ3v) is 8.70. The fraction of sp³-hybridized carbons (Fsp3) is 0.355. The van der Waals surface area contributed by atoms with Gasteiger partial charge in [0.2, 0.25) is 0 Å². The predicted molar refractivity (Wildman–Crippen MR) is 158 cm³/mol. The maximum Gasteiger partial charge on any atom is 0.253 e. The molecule has 0 saturated heterocycles. The van der Waals surface area contributed by atoms with Crippen LogP contribution in [0.2, 0.25) is 5.02 Å². The number of aryl methyl sites for hydroxylation is 1. The Bertz CT molecular complexity index is 1460. The van der Waals surface area contributed by atoms with Crippen molar-refractivity contribution in [2.24, 2.45) is 0 Å². The number of hydrogen-bond acceptors (Lipinski definition) is 5. The summed E-state index contributed by atoms with van der Waals surface area (Å²) in [6, 6.07) is 16.0. The van der Waals surface area contributed by atoms with Crippen LogP contribution < -0.4 is 14.8 Å². The molecule has 6 nitrogen and oxygen atoms in total.